The van der Waals surface area contributed by atoms with E-state index >= 15 is 0 Å². The smallest absolute Gasteiger partial charge is 0.306 e. The van der Waals surface area contributed by atoms with Crippen LogP contribution in [0.2, 0.25) is 0 Å². The van der Waals surface area contributed by atoms with E-state index in [0.717, 1.165) is 11.0 Å². The lowest BCUT2D eigenvalue weighted by atomic mass is 9.90. The zero-order valence-electron chi connectivity index (χ0n) is 10.5. The molecule has 2 aromatic rings. The van der Waals surface area contributed by atoms with Gasteiger partial charge >= 0.3 is 5.69 Å². The minimum absolute atomic E-state index is 0. The predicted molar refractivity (Wildman–Crippen MR) is 75.7 cm³/mol. The summed E-state index contributed by atoms with van der Waals surface area (Å²) >= 11 is 0. The Hall–Kier alpha value is -1.51. The van der Waals surface area contributed by atoms with E-state index in [-0.39, 0.29) is 8.54 Å². The third-order valence-electron chi connectivity index (χ3n) is 3.29. The lowest BCUT2D eigenvalue weighted by Crippen LogP contribution is -1.99. The van der Waals surface area contributed by atoms with Crippen LogP contribution in [0.5, 0.6) is 0 Å². The van der Waals surface area contributed by atoms with E-state index in [0.29, 0.717) is 5.92 Å². The van der Waals surface area contributed by atoms with Gasteiger partial charge in [-0.1, -0.05) is 32.8 Å². The first kappa shape index (κ1) is 12.0. The Morgan fingerprint density at radius 1 is 1.12 bits per heavy atom. The summed E-state index contributed by atoms with van der Waals surface area (Å²) in [6.45, 7) is 4.44. The number of benzene rings is 1. The van der Waals surface area contributed by atoms with E-state index in [4.69, 9.17) is 0 Å². The molecule has 1 heterocycles. The standard InChI is InChI=1S/C14H20N2O.2H2/c1-3-5-10(6-4-2)11-7-8-12-13(9-11)16-14(17)15-12;;/h7-10H,3-6H2,1-2H3,(H2,15,16,17);2*1H. The van der Waals surface area contributed by atoms with Gasteiger partial charge in [0, 0.05) is 2.85 Å². The van der Waals surface area contributed by atoms with Crippen molar-refractivity contribution in [3.8, 4) is 0 Å². The molecule has 0 spiro atoms. The van der Waals surface area contributed by atoms with Gasteiger partial charge in [-0.2, -0.15) is 0 Å². The van der Waals surface area contributed by atoms with E-state index in [1.165, 1.54) is 31.2 Å². The highest BCUT2D eigenvalue weighted by atomic mass is 16.1. The lowest BCUT2D eigenvalue weighted by molar-refractivity contribution is 0.561. The molecule has 0 radical (unpaired) electrons. The summed E-state index contributed by atoms with van der Waals surface area (Å²) in [7, 11) is 0. The maximum atomic E-state index is 11.2. The molecule has 3 heteroatoms. The van der Waals surface area contributed by atoms with E-state index < -0.39 is 0 Å². The molecule has 0 unspecified atom stereocenters. The minimum atomic E-state index is -0.125. The first-order chi connectivity index (χ1) is 8.24. The Bertz CT molecular complexity index is 542. The molecule has 17 heavy (non-hydrogen) atoms. The van der Waals surface area contributed by atoms with Crippen molar-refractivity contribution in [2.45, 2.75) is 45.4 Å². The lowest BCUT2D eigenvalue weighted by Gasteiger charge is -2.15. The quantitative estimate of drug-likeness (QED) is 0.809. The zero-order chi connectivity index (χ0) is 12.3. The van der Waals surface area contributed by atoms with E-state index in [1.54, 1.807) is 0 Å². The van der Waals surface area contributed by atoms with Gasteiger partial charge in [0.1, 0.15) is 0 Å². The highest BCUT2D eigenvalue weighted by molar-refractivity contribution is 5.75. The Balaban J connectivity index is 0.00000162. The van der Waals surface area contributed by atoms with Crippen LogP contribution in [0.3, 0.4) is 0 Å². The molecule has 0 aliphatic heterocycles. The summed E-state index contributed by atoms with van der Waals surface area (Å²) in [5, 5.41) is 0. The van der Waals surface area contributed by atoms with Gasteiger partial charge in [0.2, 0.25) is 0 Å². The fourth-order valence-electron chi connectivity index (χ4n) is 2.48. The monoisotopic (exact) mass is 236 g/mol. The number of rotatable bonds is 5. The molecule has 2 N–H and O–H groups in total. The molecule has 0 saturated heterocycles. The van der Waals surface area contributed by atoms with Crippen LogP contribution in [0.4, 0.5) is 0 Å². The Kier molecular flexibility index (Phi) is 3.67. The summed E-state index contributed by atoms with van der Waals surface area (Å²) in [5.41, 5.74) is 3.03. The van der Waals surface area contributed by atoms with E-state index in [2.05, 4.69) is 35.9 Å². The highest BCUT2D eigenvalue weighted by Crippen LogP contribution is 2.27. The number of hydrogen-bond donors (Lipinski definition) is 2. The van der Waals surface area contributed by atoms with Crippen molar-refractivity contribution in [3.05, 3.63) is 34.2 Å². The molecule has 0 fully saturated rings. The number of aromatic nitrogens is 2. The SMILES string of the molecule is CCCC(CCC)c1ccc2[nH]c(=O)[nH]c2c1.[HH].[HH]. The fraction of sp³-hybridized carbons (Fsp3) is 0.500. The molecule has 0 atom stereocenters. The van der Waals surface area contributed by atoms with Crippen LogP contribution >= 0.6 is 0 Å². The van der Waals surface area contributed by atoms with E-state index in [9.17, 15) is 4.79 Å². The first-order valence-electron chi connectivity index (χ1n) is 6.46. The average molecular weight is 236 g/mol. The van der Waals surface area contributed by atoms with Crippen LogP contribution in [-0.2, 0) is 0 Å². The molecule has 3 nitrogen and oxygen atoms in total. The Labute approximate surface area is 104 Å². The zero-order valence-corrected chi connectivity index (χ0v) is 10.5. The maximum Gasteiger partial charge on any atom is 0.323 e. The number of aromatic amines is 2. The molecule has 0 saturated carbocycles. The number of fused-ring (bicyclic) bond motifs is 1. The van der Waals surface area contributed by atoms with E-state index in [1.807, 2.05) is 6.07 Å². The van der Waals surface area contributed by atoms with Crippen LogP contribution in [0.1, 0.15) is 53.9 Å². The third-order valence-corrected chi connectivity index (χ3v) is 3.29. The molecule has 2 rings (SSSR count). The first-order valence-corrected chi connectivity index (χ1v) is 6.46. The van der Waals surface area contributed by atoms with Crippen molar-refractivity contribution in [3.63, 3.8) is 0 Å². The predicted octanol–water partition coefficient (Wildman–Crippen LogP) is 4.03. The van der Waals surface area contributed by atoms with Crippen LogP contribution < -0.4 is 5.69 Å². The largest absolute Gasteiger partial charge is 0.323 e. The fourth-order valence-corrected chi connectivity index (χ4v) is 2.48. The second-order valence-corrected chi connectivity index (χ2v) is 4.66. The summed E-state index contributed by atoms with van der Waals surface area (Å²) in [4.78, 5) is 16.8. The molecule has 0 amide bonds. The van der Waals surface area contributed by atoms with Crippen molar-refractivity contribution >= 4 is 11.0 Å². The molecule has 96 valence electrons. The maximum absolute atomic E-state index is 11.2. The summed E-state index contributed by atoms with van der Waals surface area (Å²) < 4.78 is 0. The van der Waals surface area contributed by atoms with Crippen LogP contribution in [0.25, 0.3) is 11.0 Å². The third kappa shape index (κ3) is 2.60. The van der Waals surface area contributed by atoms with Crippen molar-refractivity contribution in [2.75, 3.05) is 0 Å². The Morgan fingerprint density at radius 3 is 2.41 bits per heavy atom. The number of H-pyrrole nitrogens is 2. The molecule has 0 bridgehead atoms. The number of nitrogens with one attached hydrogen (secondary N) is 2. The molecule has 1 aromatic carbocycles. The van der Waals surface area contributed by atoms with Gasteiger partial charge in [-0.25, -0.2) is 4.79 Å². The van der Waals surface area contributed by atoms with Crippen molar-refractivity contribution in [2.24, 2.45) is 0 Å². The van der Waals surface area contributed by atoms with Gasteiger partial charge < -0.3 is 9.97 Å². The summed E-state index contributed by atoms with van der Waals surface area (Å²) in [6.07, 6.45) is 4.83. The second kappa shape index (κ2) is 5.21. The molecular weight excluding hydrogens is 212 g/mol. The molecule has 0 aliphatic rings. The van der Waals surface area contributed by atoms with Crippen LogP contribution in [0, 0.1) is 0 Å². The summed E-state index contributed by atoms with van der Waals surface area (Å²) in [6, 6.07) is 6.26. The number of imidazole rings is 1. The van der Waals surface area contributed by atoms with Crippen molar-refractivity contribution in [1.29, 1.82) is 0 Å². The summed E-state index contributed by atoms with van der Waals surface area (Å²) in [5.74, 6) is 0.618. The van der Waals surface area contributed by atoms with Crippen LogP contribution in [0.15, 0.2) is 23.0 Å². The Morgan fingerprint density at radius 2 is 1.76 bits per heavy atom. The van der Waals surface area contributed by atoms with Crippen molar-refractivity contribution < 1.29 is 2.85 Å². The minimum Gasteiger partial charge on any atom is -0.306 e. The van der Waals surface area contributed by atoms with Gasteiger partial charge in [0.15, 0.2) is 0 Å². The molecular formula is C14H24N2O. The molecule has 0 aliphatic carbocycles. The van der Waals surface area contributed by atoms with Gasteiger partial charge in [-0.05, 0) is 36.5 Å². The van der Waals surface area contributed by atoms with Gasteiger partial charge in [-0.3, -0.25) is 0 Å². The van der Waals surface area contributed by atoms with Gasteiger partial charge in [-0.15, -0.1) is 0 Å². The normalized spacial score (nSPS) is 11.5. The highest BCUT2D eigenvalue weighted by Gasteiger charge is 2.10. The number of hydrogen-bond acceptors (Lipinski definition) is 1. The van der Waals surface area contributed by atoms with Gasteiger partial charge in [0.25, 0.3) is 0 Å². The van der Waals surface area contributed by atoms with Crippen LogP contribution in [-0.4, -0.2) is 9.97 Å². The van der Waals surface area contributed by atoms with Gasteiger partial charge in [0.05, 0.1) is 11.0 Å². The van der Waals surface area contributed by atoms with Crippen molar-refractivity contribution in [1.82, 2.24) is 9.97 Å². The molecule has 1 aromatic heterocycles. The average Bonchev–Trinajstić information content (AvgIpc) is 2.67. The topological polar surface area (TPSA) is 48.6 Å². The second-order valence-electron chi connectivity index (χ2n) is 4.66.